The van der Waals surface area contributed by atoms with Crippen LogP contribution in [0.5, 0.6) is 5.75 Å². The summed E-state index contributed by atoms with van der Waals surface area (Å²) in [7, 11) is -2.88. The van der Waals surface area contributed by atoms with Crippen LogP contribution >= 0.6 is 7.75 Å². The molecule has 1 saturated carbocycles. The fraction of sp³-hybridized carbons (Fsp3) is 0.440. The lowest BCUT2D eigenvalue weighted by atomic mass is 9.96. The van der Waals surface area contributed by atoms with Crippen molar-refractivity contribution in [2.75, 3.05) is 18.1 Å². The Kier molecular flexibility index (Phi) is 7.17. The second-order valence-electron chi connectivity index (χ2n) is 9.86. The normalized spacial score (nSPS) is 28.9. The van der Waals surface area contributed by atoms with E-state index in [0.717, 1.165) is 0 Å². The number of aliphatic hydroxyl groups is 1. The van der Waals surface area contributed by atoms with E-state index in [1.54, 1.807) is 39.1 Å². The molecule has 1 saturated heterocycles. The van der Waals surface area contributed by atoms with Crippen LogP contribution in [0.25, 0.3) is 11.2 Å². The number of nitrogens with zero attached hydrogens (tertiary/aromatic N) is 4. The van der Waals surface area contributed by atoms with E-state index in [4.69, 9.17) is 30.7 Å². The molecule has 1 aliphatic heterocycles. The van der Waals surface area contributed by atoms with Gasteiger partial charge >= 0.3 is 13.7 Å². The highest BCUT2D eigenvalue weighted by Gasteiger charge is 2.87. The highest BCUT2D eigenvalue weighted by molar-refractivity contribution is 7.52. The Bertz CT molecular complexity index is 1570. The van der Waals surface area contributed by atoms with Crippen LogP contribution in [0.1, 0.15) is 27.0 Å². The van der Waals surface area contributed by atoms with E-state index >= 15 is 4.39 Å². The first-order chi connectivity index (χ1) is 19.4. The number of nitrogens with one attached hydrogen (secondary N) is 2. The Labute approximate surface area is 234 Å². The van der Waals surface area contributed by atoms with Gasteiger partial charge in [0.2, 0.25) is 11.6 Å². The molecule has 2 aliphatic rings. The van der Waals surface area contributed by atoms with Crippen molar-refractivity contribution < 1.29 is 37.4 Å². The number of terminal acetylenes is 1. The van der Waals surface area contributed by atoms with E-state index in [2.05, 4.69) is 25.4 Å². The van der Waals surface area contributed by atoms with Gasteiger partial charge in [-0.05, 0) is 32.9 Å². The zero-order valence-corrected chi connectivity index (χ0v) is 23.4. The third kappa shape index (κ3) is 4.77. The van der Waals surface area contributed by atoms with Crippen molar-refractivity contribution in [3.05, 3.63) is 36.7 Å². The zero-order valence-electron chi connectivity index (χ0n) is 22.5. The molecule has 0 radical (unpaired) electrons. The van der Waals surface area contributed by atoms with Gasteiger partial charge in [0, 0.05) is 7.05 Å². The topological polar surface area (TPSA) is 185 Å². The Morgan fingerprint density at radius 3 is 2.66 bits per heavy atom. The highest BCUT2D eigenvalue weighted by Crippen LogP contribution is 2.66. The lowest BCUT2D eigenvalue weighted by Crippen LogP contribution is -2.47. The summed E-state index contributed by atoms with van der Waals surface area (Å²) in [5, 5.41) is 16.8. The Morgan fingerprint density at radius 1 is 1.32 bits per heavy atom. The Morgan fingerprint density at radius 2 is 2.02 bits per heavy atom. The molecule has 1 aliphatic carbocycles. The Hall–Kier alpha value is -3.80. The van der Waals surface area contributed by atoms with Crippen LogP contribution in [-0.2, 0) is 23.4 Å². The van der Waals surface area contributed by atoms with Crippen LogP contribution < -0.4 is 20.7 Å². The largest absolute Gasteiger partial charge is 0.462 e. The van der Waals surface area contributed by atoms with Crippen LogP contribution in [0, 0.1) is 12.3 Å². The van der Waals surface area contributed by atoms with Crippen molar-refractivity contribution in [3.63, 3.8) is 0 Å². The van der Waals surface area contributed by atoms with E-state index < -0.39 is 55.6 Å². The maximum absolute atomic E-state index is 16.6. The zero-order chi connectivity index (χ0) is 29.7. The molecule has 3 heterocycles. The number of rotatable bonds is 10. The van der Waals surface area contributed by atoms with Gasteiger partial charge in [-0.1, -0.05) is 24.1 Å². The van der Waals surface area contributed by atoms with Crippen molar-refractivity contribution in [2.45, 2.75) is 62.6 Å². The predicted molar refractivity (Wildman–Crippen MR) is 144 cm³/mol. The minimum Gasteiger partial charge on any atom is -0.462 e. The molecule has 14 nitrogen and oxygen atoms in total. The molecule has 5 N–H and O–H groups in total. The van der Waals surface area contributed by atoms with Crippen LogP contribution in [0.2, 0.25) is 0 Å². The summed E-state index contributed by atoms with van der Waals surface area (Å²) in [6.45, 7) is 4.70. The molecule has 5 rings (SSSR count). The van der Waals surface area contributed by atoms with Crippen LogP contribution in [0.3, 0.4) is 0 Å². The monoisotopic (exact) mass is 589 g/mol. The first kappa shape index (κ1) is 28.7. The quantitative estimate of drug-likeness (QED) is 0.153. The molecule has 1 aromatic carbocycles. The third-order valence-electron chi connectivity index (χ3n) is 6.65. The molecular formula is C25H29FN7O7P. The van der Waals surface area contributed by atoms with Gasteiger partial charge in [-0.3, -0.25) is 13.9 Å². The minimum absolute atomic E-state index is 0.101. The molecule has 0 bridgehead atoms. The summed E-state index contributed by atoms with van der Waals surface area (Å²) in [6, 6.07) is 6.79. The van der Waals surface area contributed by atoms with E-state index in [-0.39, 0.29) is 28.7 Å². The van der Waals surface area contributed by atoms with Gasteiger partial charge in [-0.15, -0.1) is 6.42 Å². The van der Waals surface area contributed by atoms with Crippen molar-refractivity contribution >= 4 is 36.6 Å². The number of carbonyl (C=O) groups is 1. The second kappa shape index (κ2) is 10.2. The molecule has 2 unspecified atom stereocenters. The standard InChI is InChI=1S/C25H29FN7O7P/c1-6-24(26)22(33-12-29-16-19(28-5)30-23(27)31-20(16)33)38-17-18(25(17,24)35)40-41(36,39-15-10-8-7-9-11-15)32-14(4)21(34)37-13(2)3/h1,7-14,17-18,22,35H,2-5H3,(H,32,36)(H3,27,28,30,31)/t14-,17-,18?,22-,24+,25+,41?/m1/s1. The average Bonchev–Trinajstić information content (AvgIpc) is 3.18. The van der Waals surface area contributed by atoms with Gasteiger partial charge in [0.05, 0.1) is 12.4 Å². The molecule has 7 atom stereocenters. The summed E-state index contributed by atoms with van der Waals surface area (Å²) in [5.41, 5.74) is 0.802. The number of nitrogens with two attached hydrogens (primary N) is 1. The summed E-state index contributed by atoms with van der Waals surface area (Å²) in [5.74, 6) is 1.54. The molecule has 0 spiro atoms. The smallest absolute Gasteiger partial charge is 0.459 e. The van der Waals surface area contributed by atoms with Crippen molar-refractivity contribution in [3.8, 4) is 18.1 Å². The molecule has 0 amide bonds. The fourth-order valence-corrected chi connectivity index (χ4v) is 6.37. The van der Waals surface area contributed by atoms with Crippen molar-refractivity contribution in [1.82, 2.24) is 24.6 Å². The number of carbonyl (C=O) groups excluding carboxylic acids is 1. The number of nitrogen functional groups attached to an aromatic ring is 1. The van der Waals surface area contributed by atoms with Crippen LogP contribution in [0.15, 0.2) is 36.7 Å². The molecule has 2 fully saturated rings. The molecule has 16 heteroatoms. The number of esters is 1. The van der Waals surface area contributed by atoms with E-state index in [1.165, 1.54) is 30.0 Å². The summed E-state index contributed by atoms with van der Waals surface area (Å²) in [4.78, 5) is 24.8. The number of halogens is 1. The number of ether oxygens (including phenoxy) is 2. The number of benzene rings is 1. The SMILES string of the molecule is C#C[C@]1(F)[C@H](n2cnc3c(NC)nc(N)nc32)O[C@@H]2C(OP(=O)(N[C@H](C)C(=O)OC(C)C)Oc3ccccc3)[C@@]21O. The van der Waals surface area contributed by atoms with E-state index in [9.17, 15) is 14.5 Å². The van der Waals surface area contributed by atoms with Gasteiger partial charge in [-0.25, -0.2) is 13.9 Å². The van der Waals surface area contributed by atoms with Gasteiger partial charge in [0.1, 0.15) is 24.0 Å². The van der Waals surface area contributed by atoms with Crippen molar-refractivity contribution in [2.24, 2.45) is 0 Å². The number of alkyl halides is 1. The summed E-state index contributed by atoms with van der Waals surface area (Å²) < 4.78 is 54.0. The third-order valence-corrected chi connectivity index (χ3v) is 8.31. The lowest BCUT2D eigenvalue weighted by Gasteiger charge is -2.31. The van der Waals surface area contributed by atoms with E-state index in [1.807, 2.05) is 5.92 Å². The molecule has 218 valence electrons. The van der Waals surface area contributed by atoms with Gasteiger partial charge < -0.3 is 30.2 Å². The number of fused-ring (bicyclic) bond motifs is 2. The van der Waals surface area contributed by atoms with Gasteiger partial charge in [-0.2, -0.15) is 15.1 Å². The summed E-state index contributed by atoms with van der Waals surface area (Å²) in [6.07, 6.45) is 1.88. The van der Waals surface area contributed by atoms with Crippen LogP contribution in [-0.4, -0.2) is 73.3 Å². The van der Waals surface area contributed by atoms with Gasteiger partial charge in [0.15, 0.2) is 28.8 Å². The molecule has 2 aromatic heterocycles. The first-order valence-corrected chi connectivity index (χ1v) is 14.1. The number of hydrogen-bond acceptors (Lipinski definition) is 12. The molecule has 3 aromatic rings. The number of aromatic nitrogens is 4. The number of anilines is 2. The van der Waals surface area contributed by atoms with E-state index in [0.29, 0.717) is 0 Å². The number of hydrogen-bond donors (Lipinski definition) is 4. The highest BCUT2D eigenvalue weighted by atomic mass is 31.2. The lowest BCUT2D eigenvalue weighted by molar-refractivity contribution is -0.149. The van der Waals surface area contributed by atoms with Gasteiger partial charge in [0.25, 0.3) is 0 Å². The maximum Gasteiger partial charge on any atom is 0.459 e. The van der Waals surface area contributed by atoms with Crippen LogP contribution in [0.4, 0.5) is 16.2 Å². The fourth-order valence-electron chi connectivity index (χ4n) is 4.66. The Balaban J connectivity index is 1.44. The number of para-hydroxylation sites is 1. The number of imidazole rings is 1. The molecular weight excluding hydrogens is 560 g/mol. The van der Waals surface area contributed by atoms with Crippen molar-refractivity contribution in [1.29, 1.82) is 0 Å². The first-order valence-electron chi connectivity index (χ1n) is 12.6. The predicted octanol–water partition coefficient (Wildman–Crippen LogP) is 1.94. The maximum atomic E-state index is 16.6. The minimum atomic E-state index is -4.48. The summed E-state index contributed by atoms with van der Waals surface area (Å²) >= 11 is 0. The molecule has 41 heavy (non-hydrogen) atoms. The average molecular weight is 590 g/mol. The second-order valence-corrected chi connectivity index (χ2v) is 11.5.